The van der Waals surface area contributed by atoms with Crippen molar-refractivity contribution in [1.82, 2.24) is 15.4 Å². The second-order valence-corrected chi connectivity index (χ2v) is 7.14. The monoisotopic (exact) mass is 425 g/mol. The van der Waals surface area contributed by atoms with E-state index in [-0.39, 0.29) is 24.4 Å². The molecule has 2 rings (SSSR count). The molecule has 164 valence electrons. The van der Waals surface area contributed by atoms with Crippen molar-refractivity contribution in [2.45, 2.75) is 51.4 Å². The van der Waals surface area contributed by atoms with Crippen LogP contribution in [0.4, 0.5) is 24.9 Å². The molecular formula is C18H26F3N9. The number of halogens is 3. The number of hydrogen-bond acceptors (Lipinski definition) is 8. The number of nitrogens with two attached hydrogens (primary N) is 1. The predicted molar refractivity (Wildman–Crippen MR) is 112 cm³/mol. The Balaban J connectivity index is 2.30. The molecule has 0 spiro atoms. The van der Waals surface area contributed by atoms with E-state index in [9.17, 15) is 13.2 Å². The fourth-order valence-corrected chi connectivity index (χ4v) is 2.20. The molecule has 0 bridgehead atoms. The highest BCUT2D eigenvalue weighted by atomic mass is 19.4. The Labute approximate surface area is 172 Å². The predicted octanol–water partition coefficient (Wildman–Crippen LogP) is 2.75. The number of alkyl halides is 3. The third-order valence-electron chi connectivity index (χ3n) is 4.05. The van der Waals surface area contributed by atoms with Gasteiger partial charge in [-0.15, -0.1) is 0 Å². The van der Waals surface area contributed by atoms with Gasteiger partial charge in [0.15, 0.2) is 0 Å². The van der Waals surface area contributed by atoms with Crippen LogP contribution in [-0.4, -0.2) is 46.4 Å². The summed E-state index contributed by atoms with van der Waals surface area (Å²) in [5.74, 6) is -0.00805. The van der Waals surface area contributed by atoms with Gasteiger partial charge in [-0.05, 0) is 33.6 Å². The van der Waals surface area contributed by atoms with E-state index in [2.05, 4.69) is 36.1 Å². The molecule has 30 heavy (non-hydrogen) atoms. The third-order valence-corrected chi connectivity index (χ3v) is 4.05. The Kier molecular flexibility index (Phi) is 7.35. The average Bonchev–Trinajstić information content (AvgIpc) is 3.45. The highest BCUT2D eigenvalue weighted by molar-refractivity contribution is 6.14. The summed E-state index contributed by atoms with van der Waals surface area (Å²) in [6, 6.07) is 0.117. The van der Waals surface area contributed by atoms with Gasteiger partial charge in [-0.25, -0.2) is 4.98 Å². The second-order valence-electron chi connectivity index (χ2n) is 7.14. The Morgan fingerprint density at radius 2 is 2.07 bits per heavy atom. The maximum Gasteiger partial charge on any atom is 0.421 e. The largest absolute Gasteiger partial charge is 0.421 e. The molecule has 1 aromatic heterocycles. The lowest BCUT2D eigenvalue weighted by Crippen LogP contribution is -2.41. The van der Waals surface area contributed by atoms with Crippen molar-refractivity contribution < 1.29 is 13.2 Å². The standard InChI is InChI=1S/C18H26F3N9/c1-4-24-15-12(18(19,20)21)10-25-16(29-15)28-14(27-11-5-6-11)9-13(23)17(2,3)30-26-8-7-22/h7-11,22,30H,4-6,23H2,1-3H3,(H2,24,25,27,28,29)/b13-9?,22-7?,26-8-. The lowest BCUT2D eigenvalue weighted by Gasteiger charge is -2.25. The summed E-state index contributed by atoms with van der Waals surface area (Å²) in [7, 11) is 0. The van der Waals surface area contributed by atoms with Crippen LogP contribution >= 0.6 is 0 Å². The first kappa shape index (κ1) is 23.1. The third kappa shape index (κ3) is 6.71. The number of nitrogens with one attached hydrogen (secondary N) is 4. The van der Waals surface area contributed by atoms with Crippen molar-refractivity contribution in [3.8, 4) is 0 Å². The van der Waals surface area contributed by atoms with Gasteiger partial charge >= 0.3 is 6.18 Å². The van der Waals surface area contributed by atoms with Crippen molar-refractivity contribution >= 4 is 30.0 Å². The van der Waals surface area contributed by atoms with Crippen LogP contribution in [0.2, 0.25) is 0 Å². The van der Waals surface area contributed by atoms with Crippen LogP contribution in [0.15, 0.2) is 28.1 Å². The zero-order valence-corrected chi connectivity index (χ0v) is 17.0. The van der Waals surface area contributed by atoms with E-state index in [4.69, 9.17) is 11.1 Å². The van der Waals surface area contributed by atoms with Crippen LogP contribution in [0, 0.1) is 5.41 Å². The summed E-state index contributed by atoms with van der Waals surface area (Å²) in [5.41, 5.74) is 7.68. The van der Waals surface area contributed by atoms with E-state index in [1.165, 1.54) is 6.21 Å². The van der Waals surface area contributed by atoms with Crippen LogP contribution in [0.1, 0.15) is 39.2 Å². The molecule has 1 heterocycles. The molecule has 0 saturated heterocycles. The van der Waals surface area contributed by atoms with E-state index >= 15 is 0 Å². The van der Waals surface area contributed by atoms with Gasteiger partial charge in [-0.2, -0.15) is 23.3 Å². The number of hydrazone groups is 1. The minimum absolute atomic E-state index is 0.0324. The molecule has 1 aromatic rings. The highest BCUT2D eigenvalue weighted by Gasteiger charge is 2.35. The summed E-state index contributed by atoms with van der Waals surface area (Å²) in [5, 5.41) is 16.3. The minimum Gasteiger partial charge on any atom is -0.400 e. The molecule has 1 aliphatic rings. The molecule has 0 aliphatic heterocycles. The van der Waals surface area contributed by atoms with Gasteiger partial charge in [-0.1, -0.05) is 0 Å². The fraction of sp³-hybridized carbons (Fsp3) is 0.500. The van der Waals surface area contributed by atoms with Gasteiger partial charge in [0, 0.05) is 30.7 Å². The van der Waals surface area contributed by atoms with E-state index < -0.39 is 17.3 Å². The molecule has 0 atom stereocenters. The molecule has 1 fully saturated rings. The minimum atomic E-state index is -4.57. The van der Waals surface area contributed by atoms with Gasteiger partial charge in [0.2, 0.25) is 5.95 Å². The number of amidine groups is 1. The Bertz CT molecular complexity index is 840. The van der Waals surface area contributed by atoms with Crippen molar-refractivity contribution in [2.24, 2.45) is 15.8 Å². The average molecular weight is 425 g/mol. The molecule has 1 saturated carbocycles. The van der Waals surface area contributed by atoms with Crippen LogP contribution in [-0.2, 0) is 6.18 Å². The van der Waals surface area contributed by atoms with Crippen LogP contribution in [0.3, 0.4) is 0 Å². The zero-order valence-electron chi connectivity index (χ0n) is 17.0. The number of anilines is 2. The Morgan fingerprint density at radius 3 is 2.63 bits per heavy atom. The molecule has 1 aliphatic carbocycles. The van der Waals surface area contributed by atoms with Gasteiger partial charge in [0.1, 0.15) is 17.2 Å². The number of aromatic nitrogens is 2. The highest BCUT2D eigenvalue weighted by Crippen LogP contribution is 2.33. The fourth-order valence-electron chi connectivity index (χ4n) is 2.20. The first-order chi connectivity index (χ1) is 14.1. The first-order valence-electron chi connectivity index (χ1n) is 9.36. The molecule has 0 radical (unpaired) electrons. The lowest BCUT2D eigenvalue weighted by atomic mass is 10.0. The maximum absolute atomic E-state index is 13.2. The first-order valence-corrected chi connectivity index (χ1v) is 9.36. The molecule has 6 N–H and O–H groups in total. The van der Waals surface area contributed by atoms with E-state index in [1.807, 2.05) is 0 Å². The van der Waals surface area contributed by atoms with Crippen molar-refractivity contribution in [3.05, 3.63) is 23.5 Å². The number of hydrogen-bond donors (Lipinski definition) is 5. The zero-order chi connectivity index (χ0) is 22.4. The normalized spacial score (nSPS) is 15.9. The number of nitrogens with zero attached hydrogens (tertiary/aromatic N) is 4. The Hall–Kier alpha value is -3.18. The van der Waals surface area contributed by atoms with E-state index in [0.717, 1.165) is 25.3 Å². The molecule has 0 aromatic carbocycles. The Morgan fingerprint density at radius 1 is 1.37 bits per heavy atom. The van der Waals surface area contributed by atoms with Crippen molar-refractivity contribution in [3.63, 3.8) is 0 Å². The van der Waals surface area contributed by atoms with Crippen molar-refractivity contribution in [2.75, 3.05) is 17.2 Å². The summed E-state index contributed by atoms with van der Waals surface area (Å²) >= 11 is 0. The SMILES string of the molecule is CCNc1nc(NC(C=C(N)C(C)(C)N/N=C\C=N)=NC2CC2)ncc1C(F)(F)F. The van der Waals surface area contributed by atoms with Crippen LogP contribution in [0.25, 0.3) is 0 Å². The van der Waals surface area contributed by atoms with Crippen LogP contribution in [0.5, 0.6) is 0 Å². The maximum atomic E-state index is 13.2. The summed E-state index contributed by atoms with van der Waals surface area (Å²) in [6.07, 6.45) is 1.85. The van der Waals surface area contributed by atoms with Crippen LogP contribution < -0.4 is 21.8 Å². The molecule has 0 unspecified atom stereocenters. The topological polar surface area (TPSA) is 136 Å². The number of rotatable bonds is 9. The van der Waals surface area contributed by atoms with E-state index in [1.54, 1.807) is 26.8 Å². The second kappa shape index (κ2) is 9.55. The molecule has 0 amide bonds. The number of aliphatic imine (C=N–C) groups is 1. The van der Waals surface area contributed by atoms with Gasteiger partial charge in [0.05, 0.1) is 17.8 Å². The van der Waals surface area contributed by atoms with E-state index in [0.29, 0.717) is 11.5 Å². The smallest absolute Gasteiger partial charge is 0.400 e. The summed E-state index contributed by atoms with van der Waals surface area (Å²) in [4.78, 5) is 12.3. The van der Waals surface area contributed by atoms with Crippen molar-refractivity contribution in [1.29, 1.82) is 5.41 Å². The molecule has 12 heteroatoms. The molecular weight excluding hydrogens is 399 g/mol. The lowest BCUT2D eigenvalue weighted by molar-refractivity contribution is -0.137. The van der Waals surface area contributed by atoms with Gasteiger partial charge in [-0.3, -0.25) is 10.4 Å². The summed E-state index contributed by atoms with van der Waals surface area (Å²) < 4.78 is 39.5. The quantitative estimate of drug-likeness (QED) is 0.234. The van der Waals surface area contributed by atoms with Gasteiger partial charge in [0.25, 0.3) is 0 Å². The molecule has 9 nitrogen and oxygen atoms in total. The summed E-state index contributed by atoms with van der Waals surface area (Å²) in [6.45, 7) is 5.51. The van der Waals surface area contributed by atoms with Gasteiger partial charge < -0.3 is 21.8 Å².